The Morgan fingerprint density at radius 3 is 2.50 bits per heavy atom. The highest BCUT2D eigenvalue weighted by Gasteiger charge is 2.27. The monoisotopic (exact) mass is 462 g/mol. The van der Waals surface area contributed by atoms with Gasteiger partial charge in [-0.3, -0.25) is 4.79 Å². The molecule has 0 unspecified atom stereocenters. The highest BCUT2D eigenvalue weighted by molar-refractivity contribution is 5.79. The molecule has 1 saturated heterocycles. The van der Waals surface area contributed by atoms with Crippen LogP contribution < -0.4 is 4.90 Å². The normalized spacial score (nSPS) is 13.9. The summed E-state index contributed by atoms with van der Waals surface area (Å²) in [5, 5.41) is 4.49. The number of hydrogen-bond donors (Lipinski definition) is 0. The molecular weight excluding hydrogens is 428 g/mol. The van der Waals surface area contributed by atoms with Crippen molar-refractivity contribution in [1.82, 2.24) is 15.0 Å². The predicted molar refractivity (Wildman–Crippen MR) is 134 cm³/mol. The maximum atomic E-state index is 13.5. The summed E-state index contributed by atoms with van der Waals surface area (Å²) < 4.78 is 11.5. The van der Waals surface area contributed by atoms with Gasteiger partial charge in [-0.2, -0.15) is 0 Å². The quantitative estimate of drug-likeness (QED) is 0.484. The molecule has 34 heavy (non-hydrogen) atoms. The fourth-order valence-corrected chi connectivity index (χ4v) is 4.16. The van der Waals surface area contributed by atoms with Crippen LogP contribution in [0.5, 0.6) is 0 Å². The molecule has 0 aliphatic carbocycles. The van der Waals surface area contributed by atoms with Crippen LogP contribution in [0.15, 0.2) is 59.1 Å². The third-order valence-electron chi connectivity index (χ3n) is 6.07. The van der Waals surface area contributed by atoms with Crippen molar-refractivity contribution in [3.05, 3.63) is 71.3 Å². The second kappa shape index (κ2) is 11.3. The first-order valence-corrected chi connectivity index (χ1v) is 11.9. The number of benzene rings is 2. The highest BCUT2D eigenvalue weighted by Crippen LogP contribution is 2.33. The van der Waals surface area contributed by atoms with E-state index in [-0.39, 0.29) is 5.91 Å². The Morgan fingerprint density at radius 1 is 1.03 bits per heavy atom. The summed E-state index contributed by atoms with van der Waals surface area (Å²) in [4.78, 5) is 19.7. The molecule has 7 heteroatoms. The van der Waals surface area contributed by atoms with E-state index in [1.54, 1.807) is 0 Å². The molecule has 2 heterocycles. The summed E-state index contributed by atoms with van der Waals surface area (Å²) in [6.45, 7) is 6.70. The fraction of sp³-hybridized carbons (Fsp3) is 0.407. The molecule has 0 N–H and O–H groups in total. The number of aryl methyl sites for hydroxylation is 1. The SMILES string of the molecule is Cc1cccc(-c2noc(N3CCOCC3)c2CN(CCN(C)C)C(=O)Cc2ccccc2)c1. The Hall–Kier alpha value is -3.16. The number of carbonyl (C=O) groups excluding carboxylic acids is 1. The Morgan fingerprint density at radius 2 is 1.79 bits per heavy atom. The Bertz CT molecular complexity index is 1070. The maximum absolute atomic E-state index is 13.5. The molecule has 7 nitrogen and oxygen atoms in total. The van der Waals surface area contributed by atoms with Gasteiger partial charge in [0.25, 0.3) is 0 Å². The van der Waals surface area contributed by atoms with Gasteiger partial charge in [0.1, 0.15) is 5.69 Å². The molecule has 0 atom stereocenters. The number of morpholine rings is 1. The van der Waals surface area contributed by atoms with Crippen LogP contribution in [-0.4, -0.2) is 74.4 Å². The number of carbonyl (C=O) groups is 1. The Balaban J connectivity index is 1.67. The van der Waals surface area contributed by atoms with E-state index in [4.69, 9.17) is 9.26 Å². The van der Waals surface area contributed by atoms with E-state index in [1.165, 1.54) is 0 Å². The lowest BCUT2D eigenvalue weighted by Crippen LogP contribution is -2.39. The van der Waals surface area contributed by atoms with Crippen molar-refractivity contribution in [3.8, 4) is 11.3 Å². The number of aromatic nitrogens is 1. The molecule has 1 amide bonds. The standard InChI is InChI=1S/C27H34N4O3/c1-21-8-7-11-23(18-21)26-24(27(34-28-26)30-14-16-33-17-15-30)20-31(13-12-29(2)3)25(32)19-22-9-5-4-6-10-22/h4-11,18H,12-17,19-20H2,1-3H3. The van der Waals surface area contributed by atoms with E-state index in [0.29, 0.717) is 32.7 Å². The minimum Gasteiger partial charge on any atom is -0.378 e. The van der Waals surface area contributed by atoms with Crippen LogP contribution in [0.25, 0.3) is 11.3 Å². The molecule has 0 bridgehead atoms. The van der Waals surface area contributed by atoms with Crippen LogP contribution >= 0.6 is 0 Å². The lowest BCUT2D eigenvalue weighted by Gasteiger charge is -2.29. The molecule has 1 aliphatic rings. The fourth-order valence-electron chi connectivity index (χ4n) is 4.16. The van der Waals surface area contributed by atoms with Crippen molar-refractivity contribution in [2.75, 3.05) is 58.4 Å². The van der Waals surface area contributed by atoms with Crippen LogP contribution in [0.2, 0.25) is 0 Å². The number of likely N-dealkylation sites (N-methyl/N-ethyl adjacent to an activating group) is 1. The second-order valence-electron chi connectivity index (χ2n) is 9.06. The lowest BCUT2D eigenvalue weighted by atomic mass is 10.0. The number of ether oxygens (including phenoxy) is 1. The van der Waals surface area contributed by atoms with Crippen molar-refractivity contribution in [2.24, 2.45) is 0 Å². The van der Waals surface area contributed by atoms with Gasteiger partial charge < -0.3 is 24.0 Å². The number of hydrogen-bond acceptors (Lipinski definition) is 6. The van der Waals surface area contributed by atoms with Gasteiger partial charge in [-0.15, -0.1) is 0 Å². The molecule has 0 radical (unpaired) electrons. The van der Waals surface area contributed by atoms with Gasteiger partial charge in [0.2, 0.25) is 11.8 Å². The van der Waals surface area contributed by atoms with Crippen molar-refractivity contribution in [2.45, 2.75) is 19.9 Å². The summed E-state index contributed by atoms with van der Waals surface area (Å²) >= 11 is 0. The van der Waals surface area contributed by atoms with E-state index in [9.17, 15) is 4.79 Å². The van der Waals surface area contributed by atoms with Gasteiger partial charge in [0, 0.05) is 31.7 Å². The molecule has 3 aromatic rings. The van der Waals surface area contributed by atoms with E-state index in [2.05, 4.69) is 34.0 Å². The van der Waals surface area contributed by atoms with E-state index < -0.39 is 0 Å². The van der Waals surface area contributed by atoms with Crippen LogP contribution in [0.1, 0.15) is 16.7 Å². The number of amides is 1. The average molecular weight is 463 g/mol. The third kappa shape index (κ3) is 6.04. The maximum Gasteiger partial charge on any atom is 0.233 e. The molecule has 0 spiro atoms. The van der Waals surface area contributed by atoms with Gasteiger partial charge >= 0.3 is 0 Å². The molecule has 4 rings (SSSR count). The van der Waals surface area contributed by atoms with Gasteiger partial charge in [-0.1, -0.05) is 59.3 Å². The summed E-state index contributed by atoms with van der Waals surface area (Å²) in [5.41, 5.74) is 4.92. The van der Waals surface area contributed by atoms with E-state index in [0.717, 1.165) is 53.5 Å². The molecule has 0 saturated carbocycles. The summed E-state index contributed by atoms with van der Waals surface area (Å²) in [6, 6.07) is 18.2. The van der Waals surface area contributed by atoms with Crippen molar-refractivity contribution < 1.29 is 14.1 Å². The van der Waals surface area contributed by atoms with Crippen LogP contribution in [0.3, 0.4) is 0 Å². The molecule has 1 fully saturated rings. The number of anilines is 1. The smallest absolute Gasteiger partial charge is 0.233 e. The van der Waals surface area contributed by atoms with E-state index in [1.807, 2.05) is 61.5 Å². The van der Waals surface area contributed by atoms with Gasteiger partial charge in [0.15, 0.2) is 0 Å². The third-order valence-corrected chi connectivity index (χ3v) is 6.07. The average Bonchev–Trinajstić information content (AvgIpc) is 3.26. The van der Waals surface area contributed by atoms with Gasteiger partial charge in [-0.05, 0) is 32.6 Å². The molecule has 2 aromatic carbocycles. The zero-order chi connectivity index (χ0) is 23.9. The molecular formula is C27H34N4O3. The Labute approximate surface area is 201 Å². The predicted octanol–water partition coefficient (Wildman–Crippen LogP) is 3.62. The van der Waals surface area contributed by atoms with Crippen molar-refractivity contribution in [1.29, 1.82) is 0 Å². The van der Waals surface area contributed by atoms with Crippen LogP contribution in [-0.2, 0) is 22.5 Å². The first kappa shape index (κ1) is 24.0. The Kier molecular flexibility index (Phi) is 7.98. The summed E-state index contributed by atoms with van der Waals surface area (Å²) in [6.07, 6.45) is 0.367. The zero-order valence-corrected chi connectivity index (χ0v) is 20.4. The van der Waals surface area contributed by atoms with Crippen LogP contribution in [0, 0.1) is 6.92 Å². The highest BCUT2D eigenvalue weighted by atomic mass is 16.5. The minimum atomic E-state index is 0.0948. The topological polar surface area (TPSA) is 62.1 Å². The second-order valence-corrected chi connectivity index (χ2v) is 9.06. The molecule has 1 aliphatic heterocycles. The van der Waals surface area contributed by atoms with Crippen molar-refractivity contribution in [3.63, 3.8) is 0 Å². The van der Waals surface area contributed by atoms with Gasteiger partial charge in [-0.25, -0.2) is 0 Å². The van der Waals surface area contributed by atoms with Crippen LogP contribution in [0.4, 0.5) is 5.88 Å². The molecule has 180 valence electrons. The summed E-state index contributed by atoms with van der Waals surface area (Å²) in [5.74, 6) is 0.833. The number of nitrogens with zero attached hydrogens (tertiary/aromatic N) is 4. The first-order chi connectivity index (χ1) is 16.5. The number of rotatable bonds is 9. The zero-order valence-electron chi connectivity index (χ0n) is 20.4. The molecule has 1 aromatic heterocycles. The van der Waals surface area contributed by atoms with Crippen molar-refractivity contribution >= 4 is 11.8 Å². The first-order valence-electron chi connectivity index (χ1n) is 11.9. The van der Waals surface area contributed by atoms with Gasteiger partial charge in [0.05, 0.1) is 31.7 Å². The summed E-state index contributed by atoms with van der Waals surface area (Å²) in [7, 11) is 4.05. The lowest BCUT2D eigenvalue weighted by molar-refractivity contribution is -0.131. The minimum absolute atomic E-state index is 0.0948. The van der Waals surface area contributed by atoms with E-state index >= 15 is 0 Å². The largest absolute Gasteiger partial charge is 0.378 e.